The van der Waals surface area contributed by atoms with E-state index < -0.39 is 11.6 Å². The average molecular weight is 462 g/mol. The summed E-state index contributed by atoms with van der Waals surface area (Å²) in [7, 11) is 0. The van der Waals surface area contributed by atoms with Crippen molar-refractivity contribution in [3.63, 3.8) is 0 Å². The van der Waals surface area contributed by atoms with Gasteiger partial charge in [0.1, 0.15) is 0 Å². The fourth-order valence-corrected chi connectivity index (χ4v) is 7.41. The molecule has 0 amide bonds. The summed E-state index contributed by atoms with van der Waals surface area (Å²) in [6, 6.07) is 8.67. The first-order chi connectivity index (χ1) is 16.5. The lowest BCUT2D eigenvalue weighted by atomic mass is 9.47. The second kappa shape index (κ2) is 7.38. The number of aromatic nitrogens is 3. The second-order valence-electron chi connectivity index (χ2n) is 11.1. The number of ether oxygens (including phenoxy) is 1. The highest BCUT2D eigenvalue weighted by Crippen LogP contribution is 2.65. The minimum absolute atomic E-state index is 0.331. The predicted octanol–water partition coefficient (Wildman–Crippen LogP) is 6.97. The molecule has 1 saturated heterocycles. The molecule has 4 aromatic rings. The Morgan fingerprint density at radius 2 is 1.79 bits per heavy atom. The summed E-state index contributed by atoms with van der Waals surface area (Å²) < 4.78 is 36.3. The van der Waals surface area contributed by atoms with E-state index >= 15 is 0 Å². The largest absolute Gasteiger partial charge is 0.381 e. The zero-order chi connectivity index (χ0) is 23.0. The van der Waals surface area contributed by atoms with Crippen molar-refractivity contribution < 1.29 is 13.5 Å². The van der Waals surface area contributed by atoms with Gasteiger partial charge in [-0.2, -0.15) is 5.10 Å². The fourth-order valence-electron chi connectivity index (χ4n) is 7.41. The molecule has 1 spiro atoms. The lowest BCUT2D eigenvalue weighted by Crippen LogP contribution is -2.45. The molecule has 2 saturated carbocycles. The first kappa shape index (κ1) is 20.6. The summed E-state index contributed by atoms with van der Waals surface area (Å²) >= 11 is 0. The molecule has 2 aliphatic carbocycles. The molecule has 0 unspecified atom stereocenters. The quantitative estimate of drug-likeness (QED) is 0.358. The summed E-state index contributed by atoms with van der Waals surface area (Å²) in [4.78, 5) is 0. The van der Waals surface area contributed by atoms with Crippen molar-refractivity contribution in [1.29, 1.82) is 0 Å². The van der Waals surface area contributed by atoms with Gasteiger partial charge in [0.25, 0.3) is 0 Å². The standard InChI is InChI=1S/C28H29F2N3O/c1-16-11-28(12-16)13-19(14-28)26-21-10-24-18(15-31-32-24)8-25(21)33(20-2-3-22(29)23(30)9-20)27(26)17-4-6-34-7-5-17/h2-3,8-10,15-17,19H,4-7,11-14H2,1H3,(H,31,32). The van der Waals surface area contributed by atoms with Crippen LogP contribution in [0.25, 0.3) is 27.5 Å². The molecule has 34 heavy (non-hydrogen) atoms. The topological polar surface area (TPSA) is 42.8 Å². The highest BCUT2D eigenvalue weighted by atomic mass is 19.2. The number of hydrogen-bond acceptors (Lipinski definition) is 2. The molecule has 3 fully saturated rings. The van der Waals surface area contributed by atoms with E-state index in [0.29, 0.717) is 22.9 Å². The van der Waals surface area contributed by atoms with Crippen molar-refractivity contribution in [1.82, 2.24) is 14.8 Å². The van der Waals surface area contributed by atoms with Crippen LogP contribution in [0, 0.1) is 23.0 Å². The van der Waals surface area contributed by atoms with Crippen LogP contribution in [0.2, 0.25) is 0 Å². The molecule has 0 atom stereocenters. The Bertz CT molecular complexity index is 1400. The lowest BCUT2D eigenvalue weighted by Gasteiger charge is -2.57. The maximum absolute atomic E-state index is 14.5. The number of aromatic amines is 1. The molecule has 0 bridgehead atoms. The van der Waals surface area contributed by atoms with E-state index in [2.05, 4.69) is 33.8 Å². The van der Waals surface area contributed by atoms with Crippen molar-refractivity contribution in [2.75, 3.05) is 13.2 Å². The minimum atomic E-state index is -0.815. The number of rotatable bonds is 3. The van der Waals surface area contributed by atoms with Crippen molar-refractivity contribution in [2.24, 2.45) is 11.3 Å². The first-order valence-electron chi connectivity index (χ1n) is 12.6. The van der Waals surface area contributed by atoms with Crippen LogP contribution in [-0.2, 0) is 4.74 Å². The highest BCUT2D eigenvalue weighted by molar-refractivity contribution is 5.99. The maximum atomic E-state index is 14.5. The van der Waals surface area contributed by atoms with Gasteiger partial charge in [0, 0.05) is 47.4 Å². The van der Waals surface area contributed by atoms with Gasteiger partial charge < -0.3 is 9.30 Å². The average Bonchev–Trinajstić information content (AvgIpc) is 3.38. The summed E-state index contributed by atoms with van der Waals surface area (Å²) in [6.07, 6.45) is 8.85. The molecular weight excluding hydrogens is 432 g/mol. The minimum Gasteiger partial charge on any atom is -0.381 e. The van der Waals surface area contributed by atoms with Crippen LogP contribution in [0.1, 0.15) is 68.5 Å². The van der Waals surface area contributed by atoms with Crippen LogP contribution in [-0.4, -0.2) is 28.0 Å². The van der Waals surface area contributed by atoms with Gasteiger partial charge in [-0.05, 0) is 85.6 Å². The molecule has 7 rings (SSSR count). The van der Waals surface area contributed by atoms with E-state index in [9.17, 15) is 8.78 Å². The summed E-state index contributed by atoms with van der Waals surface area (Å²) in [5.74, 6) is 0.0426. The van der Waals surface area contributed by atoms with E-state index in [0.717, 1.165) is 48.4 Å². The molecule has 6 heteroatoms. The van der Waals surface area contributed by atoms with Crippen LogP contribution in [0.15, 0.2) is 36.5 Å². The fraction of sp³-hybridized carbons (Fsp3) is 0.464. The van der Waals surface area contributed by atoms with Crippen LogP contribution in [0.3, 0.4) is 0 Å². The third-order valence-corrected chi connectivity index (χ3v) is 8.70. The second-order valence-corrected chi connectivity index (χ2v) is 11.1. The number of H-pyrrole nitrogens is 1. The Morgan fingerprint density at radius 1 is 1.00 bits per heavy atom. The number of benzene rings is 2. The van der Waals surface area contributed by atoms with Crippen LogP contribution >= 0.6 is 0 Å². The number of nitrogens with zero attached hydrogens (tertiary/aromatic N) is 2. The van der Waals surface area contributed by atoms with Crippen molar-refractivity contribution in [3.8, 4) is 5.69 Å². The van der Waals surface area contributed by atoms with Crippen molar-refractivity contribution in [2.45, 2.75) is 57.3 Å². The molecule has 3 heterocycles. The van der Waals surface area contributed by atoms with E-state index in [1.54, 1.807) is 6.07 Å². The third-order valence-electron chi connectivity index (χ3n) is 8.70. The number of nitrogens with one attached hydrogen (secondary N) is 1. The molecule has 3 aliphatic rings. The number of halogens is 2. The summed E-state index contributed by atoms with van der Waals surface area (Å²) in [5, 5.41) is 9.62. The van der Waals surface area contributed by atoms with Crippen LogP contribution in [0.4, 0.5) is 8.78 Å². The van der Waals surface area contributed by atoms with Gasteiger partial charge in [-0.3, -0.25) is 5.10 Å². The number of fused-ring (bicyclic) bond motifs is 2. The molecular formula is C28H29F2N3O. The normalized spacial score (nSPS) is 27.4. The first-order valence-corrected chi connectivity index (χ1v) is 12.6. The molecule has 0 radical (unpaired) electrons. The Balaban J connectivity index is 1.48. The van der Waals surface area contributed by atoms with Gasteiger partial charge in [-0.25, -0.2) is 8.78 Å². The van der Waals surface area contributed by atoms with Crippen LogP contribution < -0.4 is 0 Å². The Hall–Kier alpha value is -2.73. The molecule has 176 valence electrons. The zero-order valence-corrected chi connectivity index (χ0v) is 19.4. The molecule has 2 aromatic heterocycles. The zero-order valence-electron chi connectivity index (χ0n) is 19.4. The van der Waals surface area contributed by atoms with Gasteiger partial charge in [-0.15, -0.1) is 0 Å². The van der Waals surface area contributed by atoms with E-state index in [4.69, 9.17) is 4.74 Å². The highest BCUT2D eigenvalue weighted by Gasteiger charge is 2.52. The Kier molecular flexibility index (Phi) is 4.48. The number of hydrogen-bond donors (Lipinski definition) is 1. The SMILES string of the molecule is CC1CC2(C1)CC(c1c(C3CCOCC3)n(-c3ccc(F)c(F)c3)c3cc4cn[nH]c4cc13)C2. The van der Waals surface area contributed by atoms with Crippen molar-refractivity contribution in [3.05, 3.63) is 59.4 Å². The molecule has 2 aromatic carbocycles. The predicted molar refractivity (Wildman–Crippen MR) is 128 cm³/mol. The summed E-state index contributed by atoms with van der Waals surface area (Å²) in [6.45, 7) is 3.83. The van der Waals surface area contributed by atoms with E-state index in [1.165, 1.54) is 54.5 Å². The van der Waals surface area contributed by atoms with Crippen molar-refractivity contribution >= 4 is 21.8 Å². The Labute approximate surface area is 197 Å². The van der Waals surface area contributed by atoms with Gasteiger partial charge in [0.05, 0.1) is 17.2 Å². The van der Waals surface area contributed by atoms with Crippen LogP contribution in [0.5, 0.6) is 0 Å². The smallest absolute Gasteiger partial charge is 0.160 e. The monoisotopic (exact) mass is 461 g/mol. The molecule has 4 nitrogen and oxygen atoms in total. The van der Waals surface area contributed by atoms with E-state index in [1.807, 2.05) is 6.20 Å². The van der Waals surface area contributed by atoms with Gasteiger partial charge in [-0.1, -0.05) is 6.92 Å². The van der Waals surface area contributed by atoms with Gasteiger partial charge in [0.15, 0.2) is 11.6 Å². The lowest BCUT2D eigenvalue weighted by molar-refractivity contribution is -0.0342. The summed E-state index contributed by atoms with van der Waals surface area (Å²) in [5.41, 5.74) is 5.96. The maximum Gasteiger partial charge on any atom is 0.160 e. The third kappa shape index (κ3) is 3.00. The van der Waals surface area contributed by atoms with Gasteiger partial charge in [0.2, 0.25) is 0 Å². The van der Waals surface area contributed by atoms with E-state index in [-0.39, 0.29) is 0 Å². The van der Waals surface area contributed by atoms with Gasteiger partial charge >= 0.3 is 0 Å². The Morgan fingerprint density at radius 3 is 2.53 bits per heavy atom. The molecule has 1 N–H and O–H groups in total. The molecule has 1 aliphatic heterocycles.